The second-order valence-electron chi connectivity index (χ2n) is 6.07. The Bertz CT molecular complexity index is 958. The number of nitriles is 1. The van der Waals surface area contributed by atoms with Gasteiger partial charge in [0.05, 0.1) is 10.4 Å². The minimum Gasteiger partial charge on any atom is -0.273 e. The summed E-state index contributed by atoms with van der Waals surface area (Å²) in [6.45, 7) is 2.18. The minimum atomic E-state index is -4.02. The van der Waals surface area contributed by atoms with E-state index in [1.807, 2.05) is 12.1 Å². The van der Waals surface area contributed by atoms with Crippen LogP contribution in [-0.4, -0.2) is 14.3 Å². The monoisotopic (exact) mass is 375 g/mol. The van der Waals surface area contributed by atoms with Gasteiger partial charge in [-0.05, 0) is 48.9 Å². The van der Waals surface area contributed by atoms with Gasteiger partial charge in [0.1, 0.15) is 11.0 Å². The van der Waals surface area contributed by atoms with E-state index in [4.69, 9.17) is 5.26 Å². The molecule has 130 valence electrons. The van der Waals surface area contributed by atoms with Gasteiger partial charge in [-0.3, -0.25) is 10.2 Å². The Morgan fingerprint density at radius 1 is 1.36 bits per heavy atom. The quantitative estimate of drug-likeness (QED) is 0.802. The van der Waals surface area contributed by atoms with Gasteiger partial charge in [0.2, 0.25) is 0 Å². The third kappa shape index (κ3) is 3.74. The van der Waals surface area contributed by atoms with Crippen LogP contribution in [0.4, 0.5) is 0 Å². The molecule has 1 amide bonds. The number of nitrogens with zero attached hydrogens (tertiary/aromatic N) is 1. The smallest absolute Gasteiger partial charge is 0.273 e. The number of carbonyl (C=O) groups is 1. The SMILES string of the molecule is C[C@H]1CCc2sc(C(=O)NNS(=O)(=O)c3ccccc3C#N)cc2C1. The third-order valence-corrected chi connectivity index (χ3v) is 6.69. The van der Waals surface area contributed by atoms with Crippen molar-refractivity contribution >= 4 is 27.3 Å². The summed E-state index contributed by atoms with van der Waals surface area (Å²) in [4.78, 5) is 15.9. The van der Waals surface area contributed by atoms with Crippen LogP contribution >= 0.6 is 11.3 Å². The fourth-order valence-electron chi connectivity index (χ4n) is 2.84. The lowest BCUT2D eigenvalue weighted by atomic mass is 9.90. The van der Waals surface area contributed by atoms with Crippen LogP contribution in [0.2, 0.25) is 0 Å². The van der Waals surface area contributed by atoms with Gasteiger partial charge in [-0.25, -0.2) is 8.42 Å². The molecule has 25 heavy (non-hydrogen) atoms. The van der Waals surface area contributed by atoms with Crippen LogP contribution in [0.15, 0.2) is 35.2 Å². The third-order valence-electron chi connectivity index (χ3n) is 4.15. The van der Waals surface area contributed by atoms with E-state index in [1.165, 1.54) is 40.0 Å². The van der Waals surface area contributed by atoms with Crippen LogP contribution in [0.1, 0.15) is 39.0 Å². The highest BCUT2D eigenvalue weighted by atomic mass is 32.2. The van der Waals surface area contributed by atoms with Crippen molar-refractivity contribution in [2.24, 2.45) is 5.92 Å². The average molecular weight is 375 g/mol. The van der Waals surface area contributed by atoms with E-state index < -0.39 is 15.9 Å². The Morgan fingerprint density at radius 3 is 2.88 bits per heavy atom. The Morgan fingerprint density at radius 2 is 2.12 bits per heavy atom. The highest BCUT2D eigenvalue weighted by Crippen LogP contribution is 2.32. The van der Waals surface area contributed by atoms with Crippen molar-refractivity contribution in [1.82, 2.24) is 10.3 Å². The van der Waals surface area contributed by atoms with Crippen molar-refractivity contribution in [3.8, 4) is 6.07 Å². The van der Waals surface area contributed by atoms with Crippen LogP contribution in [-0.2, 0) is 22.9 Å². The predicted molar refractivity (Wildman–Crippen MR) is 94.5 cm³/mol. The number of amides is 1. The molecule has 1 atom stereocenters. The molecular weight excluding hydrogens is 358 g/mol. The first-order valence-corrected chi connectivity index (χ1v) is 10.1. The molecule has 6 nitrogen and oxygen atoms in total. The van der Waals surface area contributed by atoms with Gasteiger partial charge in [0.25, 0.3) is 15.9 Å². The highest BCUT2D eigenvalue weighted by Gasteiger charge is 2.23. The molecule has 8 heteroatoms. The molecule has 0 saturated heterocycles. The maximum absolute atomic E-state index is 12.3. The van der Waals surface area contributed by atoms with Crippen molar-refractivity contribution in [3.63, 3.8) is 0 Å². The van der Waals surface area contributed by atoms with Crippen molar-refractivity contribution in [3.05, 3.63) is 51.2 Å². The summed E-state index contributed by atoms with van der Waals surface area (Å²) in [5, 5.41) is 9.02. The lowest BCUT2D eigenvalue weighted by Crippen LogP contribution is -2.41. The van der Waals surface area contributed by atoms with E-state index >= 15 is 0 Å². The van der Waals surface area contributed by atoms with Crippen molar-refractivity contribution in [2.75, 3.05) is 0 Å². The van der Waals surface area contributed by atoms with Crippen LogP contribution in [0.5, 0.6) is 0 Å². The molecule has 0 bridgehead atoms. The lowest BCUT2D eigenvalue weighted by Gasteiger charge is -2.16. The van der Waals surface area contributed by atoms with Gasteiger partial charge in [0.15, 0.2) is 0 Å². The topological polar surface area (TPSA) is 99.1 Å². The standard InChI is InChI=1S/C17H17N3O3S2/c1-11-6-7-14-13(8-11)9-15(24-14)17(21)19-20-25(22,23)16-5-3-2-4-12(16)10-18/h2-5,9,11,20H,6-8H2,1H3,(H,19,21)/t11-/m0/s1. The van der Waals surface area contributed by atoms with Gasteiger partial charge in [0, 0.05) is 4.88 Å². The number of nitrogens with one attached hydrogen (secondary N) is 2. The summed E-state index contributed by atoms with van der Waals surface area (Å²) in [6.07, 6.45) is 3.00. The van der Waals surface area contributed by atoms with Gasteiger partial charge in [-0.2, -0.15) is 5.26 Å². The largest absolute Gasteiger partial charge is 0.276 e. The number of aryl methyl sites for hydroxylation is 1. The average Bonchev–Trinajstić information content (AvgIpc) is 3.03. The number of carbonyl (C=O) groups excluding carboxylic acids is 1. The summed E-state index contributed by atoms with van der Waals surface area (Å²) in [6, 6.07) is 9.49. The molecule has 0 aliphatic heterocycles. The fourth-order valence-corrected chi connectivity index (χ4v) is 4.94. The van der Waals surface area contributed by atoms with Gasteiger partial charge in [-0.1, -0.05) is 19.1 Å². The van der Waals surface area contributed by atoms with Crippen LogP contribution in [0.25, 0.3) is 0 Å². The van der Waals surface area contributed by atoms with Crippen LogP contribution in [0.3, 0.4) is 0 Å². The maximum atomic E-state index is 12.3. The normalized spacial score (nSPS) is 16.7. The van der Waals surface area contributed by atoms with Gasteiger partial charge < -0.3 is 0 Å². The molecule has 3 rings (SSSR count). The maximum Gasteiger partial charge on any atom is 0.276 e. The molecule has 0 saturated carbocycles. The molecular formula is C17H17N3O3S2. The second-order valence-corrected chi connectivity index (χ2v) is 8.86. The number of benzene rings is 1. The molecule has 1 heterocycles. The summed E-state index contributed by atoms with van der Waals surface area (Å²) >= 11 is 1.40. The molecule has 1 aliphatic rings. The Hall–Kier alpha value is -2.21. The zero-order valence-corrected chi connectivity index (χ0v) is 15.2. The number of hydrazine groups is 1. The Labute approximate surface area is 150 Å². The molecule has 0 unspecified atom stereocenters. The molecule has 1 aliphatic carbocycles. The number of hydrogen-bond donors (Lipinski definition) is 2. The zero-order chi connectivity index (χ0) is 18.0. The van der Waals surface area contributed by atoms with Crippen molar-refractivity contribution in [1.29, 1.82) is 5.26 Å². The minimum absolute atomic E-state index is 0.0184. The number of fused-ring (bicyclic) bond motifs is 1. The van der Waals surface area contributed by atoms with Gasteiger partial charge in [-0.15, -0.1) is 16.2 Å². The second kappa shape index (κ2) is 6.96. The highest BCUT2D eigenvalue weighted by molar-refractivity contribution is 7.89. The van der Waals surface area contributed by atoms with E-state index in [0.717, 1.165) is 19.3 Å². The summed E-state index contributed by atoms with van der Waals surface area (Å²) < 4.78 is 24.6. The first-order chi connectivity index (χ1) is 11.9. The Balaban J connectivity index is 1.73. The molecule has 0 spiro atoms. The molecule has 2 N–H and O–H groups in total. The molecule has 2 aromatic rings. The number of sulfonamides is 1. The summed E-state index contributed by atoms with van der Waals surface area (Å²) in [5.74, 6) is 0.101. The van der Waals surface area contributed by atoms with E-state index in [-0.39, 0.29) is 10.5 Å². The zero-order valence-electron chi connectivity index (χ0n) is 13.6. The van der Waals surface area contributed by atoms with Crippen molar-refractivity contribution in [2.45, 2.75) is 31.1 Å². The number of hydrogen-bond acceptors (Lipinski definition) is 5. The van der Waals surface area contributed by atoms with Crippen LogP contribution in [0, 0.1) is 17.2 Å². The van der Waals surface area contributed by atoms with Crippen molar-refractivity contribution < 1.29 is 13.2 Å². The number of rotatable bonds is 4. The molecule has 1 aromatic carbocycles. The Kier molecular flexibility index (Phi) is 4.90. The van der Waals surface area contributed by atoms with E-state index in [1.54, 1.807) is 6.07 Å². The molecule has 1 aromatic heterocycles. The fraction of sp³-hybridized carbons (Fsp3) is 0.294. The van der Waals surface area contributed by atoms with E-state index in [9.17, 15) is 13.2 Å². The summed E-state index contributed by atoms with van der Waals surface area (Å²) in [7, 11) is -4.02. The predicted octanol–water partition coefficient (Wildman–Crippen LogP) is 2.37. The number of thiophene rings is 1. The van der Waals surface area contributed by atoms with E-state index in [2.05, 4.69) is 17.2 Å². The van der Waals surface area contributed by atoms with Crippen LogP contribution < -0.4 is 10.3 Å². The summed E-state index contributed by atoms with van der Waals surface area (Å²) in [5.41, 5.74) is 3.42. The molecule has 0 radical (unpaired) electrons. The van der Waals surface area contributed by atoms with E-state index in [0.29, 0.717) is 10.8 Å². The first kappa shape index (κ1) is 17.6. The lowest BCUT2D eigenvalue weighted by molar-refractivity contribution is 0.0949. The first-order valence-electron chi connectivity index (χ1n) is 7.83. The molecule has 0 fully saturated rings. The van der Waals surface area contributed by atoms with Gasteiger partial charge >= 0.3 is 0 Å².